The van der Waals surface area contributed by atoms with Gasteiger partial charge in [-0.05, 0) is 31.5 Å². The Hall–Kier alpha value is -1.68. The topological polar surface area (TPSA) is 37.8 Å². The van der Waals surface area contributed by atoms with Gasteiger partial charge in [-0.3, -0.25) is 0 Å². The smallest absolute Gasteiger partial charge is 0.137 e. The summed E-state index contributed by atoms with van der Waals surface area (Å²) in [6, 6.07) is 6.41. The quantitative estimate of drug-likeness (QED) is 0.819. The molecule has 0 bridgehead atoms. The van der Waals surface area contributed by atoms with Crippen molar-refractivity contribution in [3.05, 3.63) is 52.2 Å². The lowest BCUT2D eigenvalue weighted by atomic mass is 10.1. The molecule has 0 aliphatic heterocycles. The maximum absolute atomic E-state index is 13.0. The van der Waals surface area contributed by atoms with Crippen LogP contribution in [0.25, 0.3) is 0 Å². The van der Waals surface area contributed by atoms with Gasteiger partial charge in [0.1, 0.15) is 22.6 Å². The number of rotatable bonds is 4. The highest BCUT2D eigenvalue weighted by atomic mass is 35.5. The van der Waals surface area contributed by atoms with Gasteiger partial charge in [0, 0.05) is 17.5 Å². The lowest BCUT2D eigenvalue weighted by Crippen LogP contribution is -2.12. The molecule has 0 aliphatic rings. The van der Waals surface area contributed by atoms with Crippen LogP contribution in [0.5, 0.6) is 0 Å². The van der Waals surface area contributed by atoms with Gasteiger partial charge in [0.15, 0.2) is 0 Å². The number of aromatic nitrogens is 2. The molecular formula is C16H19ClFN3. The van der Waals surface area contributed by atoms with Crippen LogP contribution in [0, 0.1) is 12.7 Å². The van der Waals surface area contributed by atoms with Crippen LogP contribution in [0.3, 0.4) is 0 Å². The SMILES string of the molecule is Cc1c(Cl)nc(C(C)C)nc1NC(C)c1ccc(F)cc1. The summed E-state index contributed by atoms with van der Waals surface area (Å²) < 4.78 is 13.0. The van der Waals surface area contributed by atoms with Crippen LogP contribution in [0.2, 0.25) is 5.15 Å². The third-order valence-corrected chi connectivity index (χ3v) is 3.71. The third-order valence-electron chi connectivity index (χ3n) is 3.34. The molecule has 0 saturated heterocycles. The van der Waals surface area contributed by atoms with Crippen molar-refractivity contribution in [1.82, 2.24) is 9.97 Å². The Morgan fingerprint density at radius 3 is 2.29 bits per heavy atom. The Labute approximate surface area is 129 Å². The number of hydrogen-bond acceptors (Lipinski definition) is 3. The molecule has 0 spiro atoms. The normalized spacial score (nSPS) is 12.5. The highest BCUT2D eigenvalue weighted by Gasteiger charge is 2.14. The van der Waals surface area contributed by atoms with E-state index in [0.29, 0.717) is 11.0 Å². The Morgan fingerprint density at radius 2 is 1.71 bits per heavy atom. The standard InChI is InChI=1S/C16H19ClFN3/c1-9(2)15-20-14(17)10(3)16(21-15)19-11(4)12-5-7-13(18)8-6-12/h5-9,11H,1-4H3,(H,19,20,21). The van der Waals surface area contributed by atoms with Gasteiger partial charge in [0.05, 0.1) is 0 Å². The molecule has 5 heteroatoms. The van der Waals surface area contributed by atoms with Gasteiger partial charge in [-0.25, -0.2) is 14.4 Å². The molecule has 1 aromatic heterocycles. The molecule has 21 heavy (non-hydrogen) atoms. The molecule has 0 amide bonds. The van der Waals surface area contributed by atoms with Gasteiger partial charge in [-0.1, -0.05) is 37.6 Å². The van der Waals surface area contributed by atoms with E-state index in [1.165, 1.54) is 12.1 Å². The second-order valence-corrected chi connectivity index (χ2v) is 5.78. The fourth-order valence-electron chi connectivity index (χ4n) is 1.94. The third kappa shape index (κ3) is 3.70. The van der Waals surface area contributed by atoms with Crippen LogP contribution >= 0.6 is 11.6 Å². The molecule has 3 nitrogen and oxygen atoms in total. The number of halogens is 2. The van der Waals surface area contributed by atoms with Gasteiger partial charge in [-0.2, -0.15) is 0 Å². The van der Waals surface area contributed by atoms with E-state index in [9.17, 15) is 4.39 Å². The summed E-state index contributed by atoms with van der Waals surface area (Å²) in [5.41, 5.74) is 1.80. The molecule has 1 unspecified atom stereocenters. The van der Waals surface area contributed by atoms with E-state index >= 15 is 0 Å². The Morgan fingerprint density at radius 1 is 1.10 bits per heavy atom. The minimum absolute atomic E-state index is 0.00437. The molecule has 1 atom stereocenters. The van der Waals surface area contributed by atoms with E-state index in [1.807, 2.05) is 27.7 Å². The van der Waals surface area contributed by atoms with E-state index < -0.39 is 0 Å². The van der Waals surface area contributed by atoms with Gasteiger partial charge in [0.2, 0.25) is 0 Å². The molecule has 1 N–H and O–H groups in total. The molecule has 0 aliphatic carbocycles. The van der Waals surface area contributed by atoms with Crippen molar-refractivity contribution in [2.45, 2.75) is 39.7 Å². The predicted octanol–water partition coefficient (Wildman–Crippen LogP) is 4.87. The zero-order valence-corrected chi connectivity index (χ0v) is 13.4. The van der Waals surface area contributed by atoms with Crippen molar-refractivity contribution in [3.8, 4) is 0 Å². The number of anilines is 1. The van der Waals surface area contributed by atoms with E-state index in [4.69, 9.17) is 11.6 Å². The van der Waals surface area contributed by atoms with Crippen LogP contribution in [0.15, 0.2) is 24.3 Å². The summed E-state index contributed by atoms with van der Waals surface area (Å²) >= 11 is 6.17. The van der Waals surface area contributed by atoms with Crippen LogP contribution in [0.4, 0.5) is 10.2 Å². The molecule has 0 saturated carbocycles. The Bertz CT molecular complexity index is 626. The summed E-state index contributed by atoms with van der Waals surface area (Å²) in [5, 5.41) is 3.78. The van der Waals surface area contributed by atoms with Gasteiger partial charge < -0.3 is 5.32 Å². The first-order valence-electron chi connectivity index (χ1n) is 6.94. The molecule has 1 aromatic carbocycles. The van der Waals surface area contributed by atoms with Crippen molar-refractivity contribution in [1.29, 1.82) is 0 Å². The Kier molecular flexibility index (Phi) is 4.78. The lowest BCUT2D eigenvalue weighted by Gasteiger charge is -2.18. The summed E-state index contributed by atoms with van der Waals surface area (Å²) in [6.07, 6.45) is 0. The number of benzene rings is 1. The van der Waals surface area contributed by atoms with Gasteiger partial charge in [-0.15, -0.1) is 0 Å². The number of hydrogen-bond donors (Lipinski definition) is 1. The van der Waals surface area contributed by atoms with Crippen molar-refractivity contribution < 1.29 is 4.39 Å². The van der Waals surface area contributed by atoms with Crippen LogP contribution in [0.1, 0.15) is 49.7 Å². The van der Waals surface area contributed by atoms with Crippen LogP contribution < -0.4 is 5.32 Å². The first-order valence-corrected chi connectivity index (χ1v) is 7.32. The predicted molar refractivity (Wildman–Crippen MR) is 84.3 cm³/mol. The minimum Gasteiger partial charge on any atom is -0.363 e. The van der Waals surface area contributed by atoms with Crippen LogP contribution in [-0.4, -0.2) is 9.97 Å². The lowest BCUT2D eigenvalue weighted by molar-refractivity contribution is 0.626. The average Bonchev–Trinajstić information content (AvgIpc) is 2.44. The van der Waals surface area contributed by atoms with Crippen molar-refractivity contribution in [2.75, 3.05) is 5.32 Å². The molecule has 1 heterocycles. The fourth-order valence-corrected chi connectivity index (χ4v) is 2.12. The molecular weight excluding hydrogens is 289 g/mol. The minimum atomic E-state index is -0.241. The molecule has 112 valence electrons. The fraction of sp³-hybridized carbons (Fsp3) is 0.375. The average molecular weight is 308 g/mol. The maximum Gasteiger partial charge on any atom is 0.137 e. The highest BCUT2D eigenvalue weighted by Crippen LogP contribution is 2.26. The second kappa shape index (κ2) is 6.39. The first kappa shape index (κ1) is 15.7. The van der Waals surface area contributed by atoms with E-state index in [0.717, 1.165) is 16.9 Å². The second-order valence-electron chi connectivity index (χ2n) is 5.42. The summed E-state index contributed by atoms with van der Waals surface area (Å²) in [7, 11) is 0. The first-order chi connectivity index (χ1) is 9.88. The van der Waals surface area contributed by atoms with E-state index in [-0.39, 0.29) is 17.8 Å². The monoisotopic (exact) mass is 307 g/mol. The van der Waals surface area contributed by atoms with Gasteiger partial charge >= 0.3 is 0 Å². The number of nitrogens with one attached hydrogen (secondary N) is 1. The molecule has 2 aromatic rings. The molecule has 0 fully saturated rings. The van der Waals surface area contributed by atoms with E-state index in [1.54, 1.807) is 12.1 Å². The molecule has 2 rings (SSSR count). The highest BCUT2D eigenvalue weighted by molar-refractivity contribution is 6.30. The van der Waals surface area contributed by atoms with Crippen molar-refractivity contribution >= 4 is 17.4 Å². The summed E-state index contributed by atoms with van der Waals surface area (Å²) in [6.45, 7) is 7.92. The van der Waals surface area contributed by atoms with Crippen molar-refractivity contribution in [2.24, 2.45) is 0 Å². The zero-order valence-electron chi connectivity index (χ0n) is 12.6. The van der Waals surface area contributed by atoms with Crippen LogP contribution in [-0.2, 0) is 0 Å². The molecule has 0 radical (unpaired) electrons. The summed E-state index contributed by atoms with van der Waals surface area (Å²) in [5.74, 6) is 1.38. The van der Waals surface area contributed by atoms with E-state index in [2.05, 4.69) is 15.3 Å². The maximum atomic E-state index is 13.0. The largest absolute Gasteiger partial charge is 0.363 e. The summed E-state index contributed by atoms with van der Waals surface area (Å²) in [4.78, 5) is 8.82. The van der Waals surface area contributed by atoms with Gasteiger partial charge in [0.25, 0.3) is 0 Å². The Balaban J connectivity index is 2.28. The van der Waals surface area contributed by atoms with Crippen molar-refractivity contribution in [3.63, 3.8) is 0 Å². The number of nitrogens with zero attached hydrogens (tertiary/aromatic N) is 2. The zero-order chi connectivity index (χ0) is 15.6.